The molecule has 1 aliphatic rings. The highest BCUT2D eigenvalue weighted by Crippen LogP contribution is 2.20. The predicted molar refractivity (Wildman–Crippen MR) is 110 cm³/mol. The summed E-state index contributed by atoms with van der Waals surface area (Å²) in [5, 5.41) is 10.2. The summed E-state index contributed by atoms with van der Waals surface area (Å²) in [4.78, 5) is 19.7. The molecular formula is C21H31N5O3. The van der Waals surface area contributed by atoms with Gasteiger partial charge in [-0.3, -0.25) is 14.8 Å². The van der Waals surface area contributed by atoms with Crippen molar-refractivity contribution in [1.82, 2.24) is 25.4 Å². The number of hydrogen-bond acceptors (Lipinski definition) is 6. The maximum Gasteiger partial charge on any atom is 0.238 e. The van der Waals surface area contributed by atoms with E-state index in [4.69, 9.17) is 9.47 Å². The van der Waals surface area contributed by atoms with Crippen molar-refractivity contribution in [2.75, 3.05) is 20.2 Å². The van der Waals surface area contributed by atoms with Crippen molar-refractivity contribution in [2.45, 2.75) is 52.5 Å². The largest absolute Gasteiger partial charge is 0.497 e. The molecule has 0 radical (unpaired) electrons. The third-order valence-corrected chi connectivity index (χ3v) is 5.05. The first-order valence-corrected chi connectivity index (χ1v) is 10.1. The maximum absolute atomic E-state index is 12.9. The highest BCUT2D eigenvalue weighted by Gasteiger charge is 2.34. The lowest BCUT2D eigenvalue weighted by atomic mass is 9.99. The van der Waals surface area contributed by atoms with Gasteiger partial charge >= 0.3 is 0 Å². The molecule has 8 nitrogen and oxygen atoms in total. The number of aromatic amines is 1. The molecule has 0 aliphatic carbocycles. The molecule has 1 fully saturated rings. The van der Waals surface area contributed by atoms with Crippen LogP contribution in [0.2, 0.25) is 0 Å². The fourth-order valence-corrected chi connectivity index (χ4v) is 3.85. The van der Waals surface area contributed by atoms with Gasteiger partial charge in [-0.25, -0.2) is 4.98 Å². The molecule has 1 aromatic heterocycles. The minimum Gasteiger partial charge on any atom is -0.497 e. The van der Waals surface area contributed by atoms with Gasteiger partial charge in [-0.05, 0) is 44.0 Å². The fourth-order valence-electron chi connectivity index (χ4n) is 3.85. The van der Waals surface area contributed by atoms with Crippen LogP contribution in [0.1, 0.15) is 33.5 Å². The van der Waals surface area contributed by atoms with Gasteiger partial charge in [-0.1, -0.05) is 13.8 Å². The van der Waals surface area contributed by atoms with Gasteiger partial charge in [-0.15, -0.1) is 0 Å². The zero-order valence-electron chi connectivity index (χ0n) is 17.8. The minimum atomic E-state index is -0.201. The smallest absolute Gasteiger partial charge is 0.238 e. The number of nitrogens with zero attached hydrogens (tertiary/aromatic N) is 3. The standard InChI is InChI=1S/C21H31N5O3/c1-13(2)19(26-11-14(3)29-15(4)12-26)21(27)22-10-18-23-20(25-24-18)16-6-8-17(28-5)9-7-16/h6-9,13-15,19H,10-12H2,1-5H3,(H,22,27)(H,23,24,25). The Morgan fingerprint density at radius 2 is 1.93 bits per heavy atom. The second-order valence-electron chi connectivity index (χ2n) is 7.95. The number of carbonyl (C=O) groups excluding carboxylic acids is 1. The van der Waals surface area contributed by atoms with E-state index in [1.807, 2.05) is 38.1 Å². The van der Waals surface area contributed by atoms with Gasteiger partial charge in [0.1, 0.15) is 11.6 Å². The third kappa shape index (κ3) is 5.33. The molecule has 2 N–H and O–H groups in total. The number of nitrogens with one attached hydrogen (secondary N) is 2. The molecule has 2 heterocycles. The number of benzene rings is 1. The van der Waals surface area contributed by atoms with E-state index >= 15 is 0 Å². The van der Waals surface area contributed by atoms with E-state index in [0.717, 1.165) is 24.4 Å². The monoisotopic (exact) mass is 401 g/mol. The van der Waals surface area contributed by atoms with Crippen molar-refractivity contribution in [3.8, 4) is 17.1 Å². The average molecular weight is 402 g/mol. The molecule has 1 amide bonds. The zero-order valence-corrected chi connectivity index (χ0v) is 17.8. The van der Waals surface area contributed by atoms with Crippen LogP contribution in [0, 0.1) is 5.92 Å². The van der Waals surface area contributed by atoms with Crippen molar-refractivity contribution < 1.29 is 14.3 Å². The number of aromatic nitrogens is 3. The minimum absolute atomic E-state index is 0.00342. The molecule has 8 heteroatoms. The van der Waals surface area contributed by atoms with Gasteiger partial charge in [-0.2, -0.15) is 5.10 Å². The quantitative estimate of drug-likeness (QED) is 0.739. The lowest BCUT2D eigenvalue weighted by Gasteiger charge is -2.40. The van der Waals surface area contributed by atoms with Crippen molar-refractivity contribution in [2.24, 2.45) is 5.92 Å². The van der Waals surface area contributed by atoms with Gasteiger partial charge in [0.25, 0.3) is 0 Å². The molecule has 1 saturated heterocycles. The van der Waals surface area contributed by atoms with Crippen LogP contribution >= 0.6 is 0 Å². The Labute approximate surface area is 172 Å². The van der Waals surface area contributed by atoms with Gasteiger partial charge in [0.05, 0.1) is 31.9 Å². The van der Waals surface area contributed by atoms with E-state index in [1.165, 1.54) is 0 Å². The summed E-state index contributed by atoms with van der Waals surface area (Å²) in [6.07, 6.45) is 0.239. The van der Waals surface area contributed by atoms with Crippen LogP contribution in [0.5, 0.6) is 5.75 Å². The maximum atomic E-state index is 12.9. The van der Waals surface area contributed by atoms with Crippen LogP contribution in [0.15, 0.2) is 24.3 Å². The molecule has 0 spiro atoms. The Morgan fingerprint density at radius 3 is 2.52 bits per heavy atom. The first-order chi connectivity index (χ1) is 13.9. The van der Waals surface area contributed by atoms with E-state index in [9.17, 15) is 4.79 Å². The molecule has 0 saturated carbocycles. The highest BCUT2D eigenvalue weighted by atomic mass is 16.5. The molecule has 1 aliphatic heterocycles. The Kier molecular flexibility index (Phi) is 6.87. The van der Waals surface area contributed by atoms with Crippen LogP contribution in [0.25, 0.3) is 11.4 Å². The summed E-state index contributed by atoms with van der Waals surface area (Å²) in [7, 11) is 1.63. The second-order valence-corrected chi connectivity index (χ2v) is 7.95. The van der Waals surface area contributed by atoms with Crippen molar-refractivity contribution in [3.63, 3.8) is 0 Å². The molecule has 3 rings (SSSR count). The number of morpholine rings is 1. The zero-order chi connectivity index (χ0) is 21.0. The van der Waals surface area contributed by atoms with Crippen LogP contribution in [-0.2, 0) is 16.1 Å². The van der Waals surface area contributed by atoms with E-state index in [-0.39, 0.29) is 30.1 Å². The number of carbonyl (C=O) groups is 1. The Morgan fingerprint density at radius 1 is 1.28 bits per heavy atom. The first kappa shape index (κ1) is 21.3. The first-order valence-electron chi connectivity index (χ1n) is 10.1. The molecule has 1 aromatic carbocycles. The lowest BCUT2D eigenvalue weighted by molar-refractivity contribution is -0.135. The summed E-state index contributed by atoms with van der Waals surface area (Å²) in [5.74, 6) is 2.19. The number of H-pyrrole nitrogens is 1. The Balaban J connectivity index is 1.62. The van der Waals surface area contributed by atoms with Crippen LogP contribution < -0.4 is 10.1 Å². The van der Waals surface area contributed by atoms with E-state index in [2.05, 4.69) is 39.2 Å². The molecule has 158 valence electrons. The molecule has 3 unspecified atom stereocenters. The van der Waals surface area contributed by atoms with Crippen LogP contribution in [-0.4, -0.2) is 64.4 Å². The normalized spacial score (nSPS) is 21.2. The number of amides is 1. The van der Waals surface area contributed by atoms with Crippen molar-refractivity contribution in [3.05, 3.63) is 30.1 Å². The fraction of sp³-hybridized carbons (Fsp3) is 0.571. The van der Waals surface area contributed by atoms with E-state index in [0.29, 0.717) is 18.2 Å². The number of hydrogen-bond donors (Lipinski definition) is 2. The average Bonchev–Trinajstić information content (AvgIpc) is 3.14. The van der Waals surface area contributed by atoms with Crippen LogP contribution in [0.4, 0.5) is 0 Å². The summed E-state index contributed by atoms with van der Waals surface area (Å²) in [6, 6.07) is 7.34. The summed E-state index contributed by atoms with van der Waals surface area (Å²) >= 11 is 0. The number of methoxy groups -OCH3 is 1. The highest BCUT2D eigenvalue weighted by molar-refractivity contribution is 5.82. The van der Waals surface area contributed by atoms with Gasteiger partial charge in [0, 0.05) is 18.7 Å². The third-order valence-electron chi connectivity index (χ3n) is 5.05. The topological polar surface area (TPSA) is 92.4 Å². The van der Waals surface area contributed by atoms with E-state index < -0.39 is 0 Å². The van der Waals surface area contributed by atoms with Gasteiger partial charge < -0.3 is 14.8 Å². The molecule has 3 atom stereocenters. The molecular weight excluding hydrogens is 370 g/mol. The molecule has 2 aromatic rings. The second kappa shape index (κ2) is 9.37. The summed E-state index contributed by atoms with van der Waals surface area (Å²) in [6.45, 7) is 10.1. The summed E-state index contributed by atoms with van der Waals surface area (Å²) < 4.78 is 11.0. The lowest BCUT2D eigenvalue weighted by Crippen LogP contribution is -2.56. The summed E-state index contributed by atoms with van der Waals surface area (Å²) in [5.41, 5.74) is 0.885. The van der Waals surface area contributed by atoms with Gasteiger partial charge in [0.2, 0.25) is 5.91 Å². The Bertz CT molecular complexity index is 795. The predicted octanol–water partition coefficient (Wildman–Crippen LogP) is 2.23. The van der Waals surface area contributed by atoms with Crippen molar-refractivity contribution in [1.29, 1.82) is 0 Å². The Hall–Kier alpha value is -2.45. The van der Waals surface area contributed by atoms with Gasteiger partial charge in [0.15, 0.2) is 5.82 Å². The molecule has 0 bridgehead atoms. The van der Waals surface area contributed by atoms with E-state index in [1.54, 1.807) is 7.11 Å². The molecule has 29 heavy (non-hydrogen) atoms. The van der Waals surface area contributed by atoms with Crippen LogP contribution in [0.3, 0.4) is 0 Å². The van der Waals surface area contributed by atoms with Crippen molar-refractivity contribution >= 4 is 5.91 Å². The number of ether oxygens (including phenoxy) is 2. The number of rotatable bonds is 7. The SMILES string of the molecule is COc1ccc(-c2n[nH]c(CNC(=O)C(C(C)C)N3CC(C)OC(C)C3)n2)cc1.